The lowest BCUT2D eigenvalue weighted by molar-refractivity contribution is -0.124. The van der Waals surface area contributed by atoms with Crippen LogP contribution >= 0.6 is 11.6 Å². The Balaban J connectivity index is 1.39. The van der Waals surface area contributed by atoms with Gasteiger partial charge in [-0.2, -0.15) is 0 Å². The molecule has 2 amide bonds. The van der Waals surface area contributed by atoms with Crippen molar-refractivity contribution < 1.29 is 9.59 Å². The fourth-order valence-electron chi connectivity index (χ4n) is 3.97. The van der Waals surface area contributed by atoms with E-state index in [1.807, 2.05) is 31.2 Å². The standard InChI is InChI=1S/C22H25ClN4O2/c1-2-3-19(28)27-21-24-13-14-12-17(8-9-18(14)26-21)25-20(29)22(10-11-22)15-4-6-16(23)7-5-15/h4-7,13,17H,2-3,8-12H2,1H3,(H,25,29)(H,24,26,27,28). The van der Waals surface area contributed by atoms with Crippen molar-refractivity contribution in [2.45, 2.75) is 63.3 Å². The zero-order chi connectivity index (χ0) is 20.4. The molecule has 2 aliphatic carbocycles. The molecule has 29 heavy (non-hydrogen) atoms. The van der Waals surface area contributed by atoms with Crippen LogP contribution < -0.4 is 10.6 Å². The molecule has 6 nitrogen and oxygen atoms in total. The molecule has 0 saturated heterocycles. The Morgan fingerprint density at radius 1 is 1.24 bits per heavy atom. The first-order valence-corrected chi connectivity index (χ1v) is 10.6. The van der Waals surface area contributed by atoms with Crippen LogP contribution in [0.5, 0.6) is 0 Å². The molecule has 152 valence electrons. The van der Waals surface area contributed by atoms with E-state index in [4.69, 9.17) is 11.6 Å². The number of amides is 2. The predicted molar refractivity (Wildman–Crippen MR) is 112 cm³/mol. The van der Waals surface area contributed by atoms with E-state index < -0.39 is 5.41 Å². The minimum atomic E-state index is -0.408. The maximum Gasteiger partial charge on any atom is 0.230 e. The second-order valence-electron chi connectivity index (χ2n) is 7.97. The molecule has 0 radical (unpaired) electrons. The summed E-state index contributed by atoms with van der Waals surface area (Å²) in [6.07, 6.45) is 7.05. The van der Waals surface area contributed by atoms with Crippen molar-refractivity contribution in [3.05, 3.63) is 52.3 Å². The minimum absolute atomic E-state index is 0.0645. The van der Waals surface area contributed by atoms with Crippen LogP contribution in [0, 0.1) is 0 Å². The number of nitrogens with zero attached hydrogens (tertiary/aromatic N) is 2. The van der Waals surface area contributed by atoms with E-state index >= 15 is 0 Å². The zero-order valence-electron chi connectivity index (χ0n) is 16.5. The van der Waals surface area contributed by atoms with Crippen molar-refractivity contribution >= 4 is 29.4 Å². The SMILES string of the molecule is CCCC(=O)Nc1ncc2c(n1)CCC(NC(=O)C1(c3ccc(Cl)cc3)CC1)C2. The van der Waals surface area contributed by atoms with E-state index in [1.165, 1.54) is 0 Å². The number of aromatic nitrogens is 2. The molecule has 0 aliphatic heterocycles. The first kappa shape index (κ1) is 19.8. The van der Waals surface area contributed by atoms with Crippen LogP contribution in [-0.2, 0) is 27.8 Å². The lowest BCUT2D eigenvalue weighted by Gasteiger charge is -2.27. The van der Waals surface area contributed by atoms with Gasteiger partial charge in [0.15, 0.2) is 0 Å². The maximum atomic E-state index is 13.0. The van der Waals surface area contributed by atoms with Crippen LogP contribution in [-0.4, -0.2) is 27.8 Å². The first-order chi connectivity index (χ1) is 14.0. The van der Waals surface area contributed by atoms with Gasteiger partial charge in [0.2, 0.25) is 17.8 Å². The van der Waals surface area contributed by atoms with Gasteiger partial charge in [0.05, 0.1) is 5.41 Å². The summed E-state index contributed by atoms with van der Waals surface area (Å²) in [6.45, 7) is 1.96. The molecular formula is C22H25ClN4O2. The lowest BCUT2D eigenvalue weighted by Crippen LogP contribution is -2.44. The van der Waals surface area contributed by atoms with Gasteiger partial charge in [0.25, 0.3) is 0 Å². The highest BCUT2D eigenvalue weighted by atomic mass is 35.5. The number of halogens is 1. The Bertz CT molecular complexity index is 925. The Kier molecular flexibility index (Phi) is 5.54. The van der Waals surface area contributed by atoms with E-state index in [9.17, 15) is 9.59 Å². The van der Waals surface area contributed by atoms with Gasteiger partial charge in [-0.15, -0.1) is 0 Å². The Morgan fingerprint density at radius 3 is 2.69 bits per heavy atom. The number of aryl methyl sites for hydroxylation is 1. The van der Waals surface area contributed by atoms with Gasteiger partial charge in [-0.05, 0) is 61.8 Å². The Hall–Kier alpha value is -2.47. The Morgan fingerprint density at radius 2 is 2.00 bits per heavy atom. The fraction of sp³-hybridized carbons (Fsp3) is 0.455. The van der Waals surface area contributed by atoms with Crippen molar-refractivity contribution in [2.75, 3.05) is 5.32 Å². The predicted octanol–water partition coefficient (Wildman–Crippen LogP) is 3.57. The van der Waals surface area contributed by atoms with Gasteiger partial charge >= 0.3 is 0 Å². The smallest absolute Gasteiger partial charge is 0.230 e. The van der Waals surface area contributed by atoms with Crippen LogP contribution in [0.25, 0.3) is 0 Å². The zero-order valence-corrected chi connectivity index (χ0v) is 17.3. The molecule has 2 aliphatic rings. The molecule has 1 fully saturated rings. The minimum Gasteiger partial charge on any atom is -0.352 e. The van der Waals surface area contributed by atoms with E-state index in [1.54, 1.807) is 6.20 Å². The van der Waals surface area contributed by atoms with Gasteiger partial charge in [-0.3, -0.25) is 14.9 Å². The molecule has 1 aromatic heterocycles. The van der Waals surface area contributed by atoms with Crippen LogP contribution in [0.15, 0.2) is 30.5 Å². The number of nitrogens with one attached hydrogen (secondary N) is 2. The molecule has 1 aromatic carbocycles. The molecule has 1 unspecified atom stereocenters. The van der Waals surface area contributed by atoms with Crippen molar-refractivity contribution in [3.63, 3.8) is 0 Å². The number of fused-ring (bicyclic) bond motifs is 1. The fourth-order valence-corrected chi connectivity index (χ4v) is 4.10. The van der Waals surface area contributed by atoms with Gasteiger partial charge in [-0.25, -0.2) is 9.97 Å². The number of hydrogen-bond acceptors (Lipinski definition) is 4. The number of carbonyl (C=O) groups excluding carboxylic acids is 2. The van der Waals surface area contributed by atoms with Crippen LogP contribution in [0.3, 0.4) is 0 Å². The highest BCUT2D eigenvalue weighted by molar-refractivity contribution is 6.30. The maximum absolute atomic E-state index is 13.0. The second kappa shape index (κ2) is 8.11. The highest BCUT2D eigenvalue weighted by Crippen LogP contribution is 2.48. The third kappa shape index (κ3) is 4.27. The molecule has 1 heterocycles. The third-order valence-corrected chi connectivity index (χ3v) is 6.05. The van der Waals surface area contributed by atoms with Crippen molar-refractivity contribution in [2.24, 2.45) is 0 Å². The van der Waals surface area contributed by atoms with E-state index in [0.717, 1.165) is 48.9 Å². The number of benzene rings is 1. The molecule has 0 bridgehead atoms. The molecule has 0 spiro atoms. The molecule has 2 N–H and O–H groups in total. The summed E-state index contributed by atoms with van der Waals surface area (Å²) in [5, 5.41) is 6.67. The topological polar surface area (TPSA) is 84.0 Å². The number of anilines is 1. The number of carbonyl (C=O) groups is 2. The summed E-state index contributed by atoms with van der Waals surface area (Å²) in [5.74, 6) is 0.396. The van der Waals surface area contributed by atoms with E-state index in [-0.39, 0.29) is 17.9 Å². The summed E-state index contributed by atoms with van der Waals surface area (Å²) in [5.41, 5.74) is 2.61. The largest absolute Gasteiger partial charge is 0.352 e. The summed E-state index contributed by atoms with van der Waals surface area (Å²) in [4.78, 5) is 33.5. The van der Waals surface area contributed by atoms with E-state index in [0.29, 0.717) is 23.8 Å². The van der Waals surface area contributed by atoms with Gasteiger partial charge in [0, 0.05) is 29.4 Å². The summed E-state index contributed by atoms with van der Waals surface area (Å²) in [7, 11) is 0. The molecular weight excluding hydrogens is 388 g/mol. The molecule has 1 saturated carbocycles. The van der Waals surface area contributed by atoms with E-state index in [2.05, 4.69) is 20.6 Å². The normalized spacial score (nSPS) is 19.2. The average molecular weight is 413 g/mol. The lowest BCUT2D eigenvalue weighted by atomic mass is 9.90. The van der Waals surface area contributed by atoms with Crippen LogP contribution in [0.4, 0.5) is 5.95 Å². The summed E-state index contributed by atoms with van der Waals surface area (Å²) >= 11 is 5.98. The number of rotatable bonds is 6. The third-order valence-electron chi connectivity index (χ3n) is 5.80. The summed E-state index contributed by atoms with van der Waals surface area (Å²) in [6, 6.07) is 7.66. The average Bonchev–Trinajstić information content (AvgIpc) is 3.51. The first-order valence-electron chi connectivity index (χ1n) is 10.2. The molecule has 1 atom stereocenters. The van der Waals surface area contributed by atoms with Gasteiger partial charge in [0.1, 0.15) is 0 Å². The van der Waals surface area contributed by atoms with Gasteiger partial charge < -0.3 is 5.32 Å². The molecule has 7 heteroatoms. The molecule has 2 aromatic rings. The van der Waals surface area contributed by atoms with Crippen molar-refractivity contribution in [1.29, 1.82) is 0 Å². The highest BCUT2D eigenvalue weighted by Gasteiger charge is 2.51. The monoisotopic (exact) mass is 412 g/mol. The summed E-state index contributed by atoms with van der Waals surface area (Å²) < 4.78 is 0. The van der Waals surface area contributed by atoms with Crippen LogP contribution in [0.2, 0.25) is 5.02 Å². The molecule has 4 rings (SSSR count). The second-order valence-corrected chi connectivity index (χ2v) is 8.40. The van der Waals surface area contributed by atoms with Gasteiger partial charge in [-0.1, -0.05) is 30.7 Å². The Labute approximate surface area is 175 Å². The van der Waals surface area contributed by atoms with Crippen molar-refractivity contribution in [1.82, 2.24) is 15.3 Å². The van der Waals surface area contributed by atoms with Crippen LogP contribution in [0.1, 0.15) is 55.8 Å². The van der Waals surface area contributed by atoms with Crippen molar-refractivity contribution in [3.8, 4) is 0 Å². The number of hydrogen-bond donors (Lipinski definition) is 2. The quantitative estimate of drug-likeness (QED) is 0.759.